The summed E-state index contributed by atoms with van der Waals surface area (Å²) in [5, 5.41) is 15.5. The molecule has 2 aliphatic carbocycles. The summed E-state index contributed by atoms with van der Waals surface area (Å²) in [6.07, 6.45) is 6.68. The van der Waals surface area contributed by atoms with Gasteiger partial charge < -0.3 is 15.3 Å². The van der Waals surface area contributed by atoms with E-state index in [1.165, 1.54) is 40.1 Å². The van der Waals surface area contributed by atoms with Gasteiger partial charge in [-0.3, -0.25) is 14.2 Å². The first-order valence-corrected chi connectivity index (χ1v) is 16.5. The van der Waals surface area contributed by atoms with Gasteiger partial charge in [-0.2, -0.15) is 4.37 Å². The van der Waals surface area contributed by atoms with Crippen LogP contribution in [0.4, 0.5) is 4.39 Å². The Kier molecular flexibility index (Phi) is 7.81. The lowest BCUT2D eigenvalue weighted by Crippen LogP contribution is -2.49. The van der Waals surface area contributed by atoms with Gasteiger partial charge in [-0.15, -0.1) is 0 Å². The third kappa shape index (κ3) is 5.57. The van der Waals surface area contributed by atoms with Crippen molar-refractivity contribution >= 4 is 40.1 Å². The molecule has 1 aliphatic heterocycles. The van der Waals surface area contributed by atoms with Gasteiger partial charge in [-0.25, -0.2) is 9.37 Å². The zero-order valence-corrected chi connectivity index (χ0v) is 26.1. The largest absolute Gasteiger partial charge is 0.388 e. The van der Waals surface area contributed by atoms with Crippen LogP contribution in [0.2, 0.25) is 5.02 Å². The van der Waals surface area contributed by atoms with Gasteiger partial charge >= 0.3 is 0 Å². The zero-order chi connectivity index (χ0) is 30.6. The fourth-order valence-electron chi connectivity index (χ4n) is 7.00. The van der Waals surface area contributed by atoms with Crippen molar-refractivity contribution in [3.8, 4) is 10.4 Å². The first-order valence-electron chi connectivity index (χ1n) is 15.3. The third-order valence-electron chi connectivity index (χ3n) is 9.75. The number of piperidine rings is 1. The van der Waals surface area contributed by atoms with E-state index in [1.807, 2.05) is 18.0 Å². The van der Waals surface area contributed by atoms with Crippen molar-refractivity contribution in [2.24, 2.45) is 5.92 Å². The Morgan fingerprint density at radius 1 is 1.18 bits per heavy atom. The maximum atomic E-state index is 13.5. The number of nitrogens with zero attached hydrogens (tertiary/aromatic N) is 4. The highest BCUT2D eigenvalue weighted by Crippen LogP contribution is 2.45. The minimum absolute atomic E-state index is 0.0521. The molecule has 230 valence electrons. The minimum Gasteiger partial charge on any atom is -0.388 e. The van der Waals surface area contributed by atoms with E-state index in [9.17, 15) is 19.1 Å². The standard InChI is InChI=1S/C33H35ClFN5O3S/c1-36-27-9-8-23-25(27)14-21(15-26(23)34)31-29-30(38-44-31)32(42)40(18-37-29)17-33(43)10-12-39(13-11-33)28(41)16-24(19-2-3-19)20-4-6-22(35)7-5-20/h4-7,14-15,18-19,24,27,36,43H,2-3,8-13,16-17H2,1H3. The van der Waals surface area contributed by atoms with E-state index in [2.05, 4.69) is 20.7 Å². The molecule has 2 aromatic carbocycles. The second-order valence-electron chi connectivity index (χ2n) is 12.6. The predicted molar refractivity (Wildman–Crippen MR) is 169 cm³/mol. The number of likely N-dealkylation sites (tertiary alicyclic amines) is 1. The van der Waals surface area contributed by atoms with Gasteiger partial charge in [0.25, 0.3) is 5.56 Å². The molecule has 44 heavy (non-hydrogen) atoms. The summed E-state index contributed by atoms with van der Waals surface area (Å²) >= 11 is 7.89. The molecule has 1 saturated heterocycles. The van der Waals surface area contributed by atoms with Gasteiger partial charge in [0.2, 0.25) is 5.91 Å². The molecule has 1 saturated carbocycles. The van der Waals surface area contributed by atoms with Crippen LogP contribution in [0.1, 0.15) is 67.2 Å². The molecule has 2 aromatic heterocycles. The average molecular weight is 636 g/mol. The minimum atomic E-state index is -1.14. The van der Waals surface area contributed by atoms with Crippen LogP contribution in [0.5, 0.6) is 0 Å². The Bertz CT molecular complexity index is 1780. The Labute approximate surface area is 264 Å². The van der Waals surface area contributed by atoms with Crippen LogP contribution >= 0.6 is 23.1 Å². The second-order valence-corrected chi connectivity index (χ2v) is 13.8. The molecule has 4 aromatic rings. The fraction of sp³-hybridized carbons (Fsp3) is 0.455. The smallest absolute Gasteiger partial charge is 0.281 e. The number of aliphatic hydroxyl groups is 1. The average Bonchev–Trinajstić information content (AvgIpc) is 3.62. The molecule has 3 heterocycles. The van der Waals surface area contributed by atoms with Crippen molar-refractivity contribution in [3.05, 3.63) is 80.6 Å². The van der Waals surface area contributed by atoms with Crippen LogP contribution in [0, 0.1) is 11.7 Å². The van der Waals surface area contributed by atoms with E-state index in [-0.39, 0.29) is 41.3 Å². The number of rotatable bonds is 8. The van der Waals surface area contributed by atoms with Crippen LogP contribution in [-0.2, 0) is 17.8 Å². The summed E-state index contributed by atoms with van der Waals surface area (Å²) < 4.78 is 19.4. The van der Waals surface area contributed by atoms with E-state index >= 15 is 0 Å². The molecule has 0 bridgehead atoms. The zero-order valence-electron chi connectivity index (χ0n) is 24.6. The maximum absolute atomic E-state index is 13.5. The molecule has 2 fully saturated rings. The van der Waals surface area contributed by atoms with Crippen molar-refractivity contribution in [2.75, 3.05) is 20.1 Å². The summed E-state index contributed by atoms with van der Waals surface area (Å²) in [5.74, 6) is 0.314. The third-order valence-corrected chi connectivity index (χ3v) is 11.0. The van der Waals surface area contributed by atoms with Crippen LogP contribution in [0.3, 0.4) is 0 Å². The van der Waals surface area contributed by atoms with E-state index in [1.54, 1.807) is 12.1 Å². The number of nitrogens with one attached hydrogen (secondary N) is 1. The van der Waals surface area contributed by atoms with E-state index in [0.717, 1.165) is 52.3 Å². The molecule has 2 atom stereocenters. The summed E-state index contributed by atoms with van der Waals surface area (Å²) in [7, 11) is 1.95. The molecule has 3 aliphatic rings. The number of benzene rings is 2. The van der Waals surface area contributed by atoms with Gasteiger partial charge in [-0.05, 0) is 115 Å². The second kappa shape index (κ2) is 11.6. The summed E-state index contributed by atoms with van der Waals surface area (Å²) in [6.45, 7) is 0.903. The number of hydrogen-bond donors (Lipinski definition) is 2. The first kappa shape index (κ1) is 29.5. The van der Waals surface area contributed by atoms with Crippen LogP contribution in [-0.4, -0.2) is 55.6 Å². The highest BCUT2D eigenvalue weighted by molar-refractivity contribution is 7.11. The molecule has 0 spiro atoms. The normalized spacial score (nSPS) is 20.2. The Hall–Kier alpha value is -3.18. The van der Waals surface area contributed by atoms with Crippen LogP contribution in [0.25, 0.3) is 21.5 Å². The van der Waals surface area contributed by atoms with Crippen molar-refractivity contribution in [2.45, 2.75) is 69.1 Å². The van der Waals surface area contributed by atoms with Crippen molar-refractivity contribution in [1.82, 2.24) is 24.1 Å². The molecule has 11 heteroatoms. The molecule has 0 radical (unpaired) electrons. The molecule has 8 nitrogen and oxygen atoms in total. The maximum Gasteiger partial charge on any atom is 0.281 e. The van der Waals surface area contributed by atoms with Crippen LogP contribution in [0.15, 0.2) is 47.5 Å². The summed E-state index contributed by atoms with van der Waals surface area (Å²) in [6, 6.07) is 10.8. The van der Waals surface area contributed by atoms with Crippen molar-refractivity contribution < 1.29 is 14.3 Å². The SMILES string of the molecule is CNC1CCc2c(Cl)cc(-c3snc4c(=O)n(CC5(O)CCN(C(=O)CC(c6ccc(F)cc6)C6CC6)CC5)cnc34)cc21. The number of fused-ring (bicyclic) bond motifs is 2. The van der Waals surface area contributed by atoms with Gasteiger partial charge in [0.1, 0.15) is 11.3 Å². The molecule has 2 unspecified atom stereocenters. The van der Waals surface area contributed by atoms with E-state index in [4.69, 9.17) is 11.6 Å². The molecule has 2 N–H and O–H groups in total. The first-order chi connectivity index (χ1) is 21.2. The molecule has 7 rings (SSSR count). The van der Waals surface area contributed by atoms with E-state index < -0.39 is 5.60 Å². The lowest BCUT2D eigenvalue weighted by molar-refractivity contribution is -0.136. The number of aromatic nitrogens is 3. The Morgan fingerprint density at radius 2 is 1.93 bits per heavy atom. The van der Waals surface area contributed by atoms with Gasteiger partial charge in [-0.1, -0.05) is 23.7 Å². The number of carbonyl (C=O) groups is 1. The fourth-order valence-corrected chi connectivity index (χ4v) is 8.13. The predicted octanol–water partition coefficient (Wildman–Crippen LogP) is 5.46. The Balaban J connectivity index is 1.04. The highest BCUT2D eigenvalue weighted by Gasteiger charge is 2.38. The summed E-state index contributed by atoms with van der Waals surface area (Å²) in [5.41, 5.74) is 3.61. The summed E-state index contributed by atoms with van der Waals surface area (Å²) in [4.78, 5) is 34.0. The van der Waals surface area contributed by atoms with Gasteiger partial charge in [0.05, 0.1) is 23.4 Å². The lowest BCUT2D eigenvalue weighted by Gasteiger charge is -2.38. The Morgan fingerprint density at radius 3 is 2.64 bits per heavy atom. The number of amides is 1. The van der Waals surface area contributed by atoms with E-state index in [0.29, 0.717) is 43.8 Å². The highest BCUT2D eigenvalue weighted by atomic mass is 35.5. The topological polar surface area (TPSA) is 100 Å². The van der Waals surface area contributed by atoms with Gasteiger partial charge in [0.15, 0.2) is 5.52 Å². The quantitative estimate of drug-likeness (QED) is 0.267. The molecule has 1 amide bonds. The number of carbonyl (C=O) groups excluding carboxylic acids is 1. The number of halogens is 2. The van der Waals surface area contributed by atoms with Crippen molar-refractivity contribution in [3.63, 3.8) is 0 Å². The molecular weight excluding hydrogens is 601 g/mol. The monoisotopic (exact) mass is 635 g/mol. The lowest BCUT2D eigenvalue weighted by atomic mass is 9.88. The molecular formula is C33H35ClFN5O3S. The number of hydrogen-bond acceptors (Lipinski definition) is 7. The van der Waals surface area contributed by atoms with Gasteiger partial charge in [0, 0.05) is 30.6 Å². The van der Waals surface area contributed by atoms with Crippen LogP contribution < -0.4 is 10.9 Å². The van der Waals surface area contributed by atoms with Crippen molar-refractivity contribution in [1.29, 1.82) is 0 Å².